The number of ketones is 2. The first-order chi connectivity index (χ1) is 24.1. The number of Topliss-reactive ketones (excluding diaryl/α,β-unsaturated/α-hetero) is 2. The van der Waals surface area contributed by atoms with E-state index in [9.17, 15) is 29.1 Å². The molecule has 0 saturated heterocycles. The number of hydrogen-bond donors (Lipinski definition) is 3. The van der Waals surface area contributed by atoms with Gasteiger partial charge in [0.05, 0.1) is 12.0 Å². The van der Waals surface area contributed by atoms with E-state index in [1.54, 1.807) is 48.5 Å². The summed E-state index contributed by atoms with van der Waals surface area (Å²) in [7, 11) is 0. The first-order valence-corrected chi connectivity index (χ1v) is 17.8. The van der Waals surface area contributed by atoms with Crippen molar-refractivity contribution >= 4 is 52.3 Å². The van der Waals surface area contributed by atoms with Crippen molar-refractivity contribution in [1.29, 1.82) is 0 Å². The Balaban J connectivity index is 1.48. The van der Waals surface area contributed by atoms with Crippen LogP contribution < -0.4 is 15.4 Å². The fourth-order valence-electron chi connectivity index (χ4n) is 5.96. The Morgan fingerprint density at radius 1 is 0.780 bits per heavy atom. The number of benzene rings is 3. The number of hydrogen-bond acceptors (Lipinski definition) is 7. The third-order valence-corrected chi connectivity index (χ3v) is 9.88. The molecule has 0 aliphatic carbocycles. The van der Waals surface area contributed by atoms with Gasteiger partial charge >= 0.3 is 5.97 Å². The zero-order valence-electron chi connectivity index (χ0n) is 27.4. The number of nitrogens with one attached hydrogen (secondary N) is 2. The number of rotatable bonds is 8. The first kappa shape index (κ1) is 36.5. The quantitative estimate of drug-likeness (QED) is 0.214. The summed E-state index contributed by atoms with van der Waals surface area (Å²) in [5, 5.41) is 18.2. The molecule has 3 aromatic carbocycles. The Bertz CT molecular complexity index is 1760. The van der Waals surface area contributed by atoms with Crippen molar-refractivity contribution in [3.05, 3.63) is 123 Å². The Labute approximate surface area is 300 Å². The van der Waals surface area contributed by atoms with Gasteiger partial charge in [0, 0.05) is 35.1 Å². The molecule has 3 heterocycles. The molecule has 0 unspecified atom stereocenters. The average Bonchev–Trinajstić information content (AvgIpc) is 3.63. The van der Waals surface area contributed by atoms with Gasteiger partial charge in [-0.05, 0) is 78.1 Å². The molecule has 0 fully saturated rings. The summed E-state index contributed by atoms with van der Waals surface area (Å²) in [6.07, 6.45) is 0.713. The van der Waals surface area contributed by atoms with E-state index < -0.39 is 47.5 Å². The van der Waals surface area contributed by atoms with Crippen molar-refractivity contribution < 1.29 is 33.8 Å². The number of carbonyl (C=O) groups excluding carboxylic acids is 4. The maximum Gasteiger partial charge on any atom is 0.307 e. The largest absolute Gasteiger partial charge is 0.486 e. The highest BCUT2D eigenvalue weighted by atomic mass is 35.5. The number of carboxylic acids is 1. The molecule has 0 spiro atoms. The van der Waals surface area contributed by atoms with E-state index in [-0.39, 0.29) is 50.9 Å². The molecular weight excluding hydrogens is 676 g/mol. The van der Waals surface area contributed by atoms with Crippen molar-refractivity contribution in [3.8, 4) is 5.75 Å². The standard InChI is InChI=1S/C39H39ClN2O7S/c40-30-13-8-27(9-14-30)20-35-38(46)41-34(17-12-25-5-2-1-3-6-25)36(44)23-29(39(47)48)19-26-10-15-32(16-11-26)49-24-31(43)21-28(37(45)42-35)22-33-7-4-18-50-33/h1-11,13-16,18,28-29,34-35H,12,17,19-24H2,(H,41,46)(H,42,45)(H,47,48)/t28-,29+,34-,35+/m0/s1. The summed E-state index contributed by atoms with van der Waals surface area (Å²) in [5.74, 6) is -4.34. The van der Waals surface area contributed by atoms with E-state index >= 15 is 0 Å². The van der Waals surface area contributed by atoms with Crippen molar-refractivity contribution in [3.63, 3.8) is 0 Å². The molecule has 260 valence electrons. The lowest BCUT2D eigenvalue weighted by atomic mass is 9.90. The highest BCUT2D eigenvalue weighted by Gasteiger charge is 2.32. The van der Waals surface area contributed by atoms with Gasteiger partial charge in [0.2, 0.25) is 11.8 Å². The molecule has 2 amide bonds. The molecule has 4 aromatic rings. The van der Waals surface area contributed by atoms with Gasteiger partial charge in [-0.2, -0.15) is 0 Å². The molecule has 50 heavy (non-hydrogen) atoms. The van der Waals surface area contributed by atoms with E-state index in [4.69, 9.17) is 16.3 Å². The molecule has 3 N–H and O–H groups in total. The van der Waals surface area contributed by atoms with E-state index in [0.29, 0.717) is 22.8 Å². The van der Waals surface area contributed by atoms with Crippen LogP contribution in [0.25, 0.3) is 0 Å². The number of aryl methyl sites for hydroxylation is 1. The van der Waals surface area contributed by atoms with Crippen molar-refractivity contribution in [2.24, 2.45) is 11.8 Å². The number of carboxylic acid groups (broad SMARTS) is 1. The Morgan fingerprint density at radius 2 is 1.50 bits per heavy atom. The van der Waals surface area contributed by atoms with Gasteiger partial charge in [0.25, 0.3) is 0 Å². The van der Waals surface area contributed by atoms with Crippen molar-refractivity contribution in [1.82, 2.24) is 10.6 Å². The molecule has 0 radical (unpaired) electrons. The highest BCUT2D eigenvalue weighted by molar-refractivity contribution is 7.09. The van der Waals surface area contributed by atoms with Gasteiger partial charge in [-0.25, -0.2) is 0 Å². The second kappa shape index (κ2) is 17.7. The van der Waals surface area contributed by atoms with Gasteiger partial charge in [-0.15, -0.1) is 11.3 Å². The normalized spacial score (nSPS) is 20.9. The molecular formula is C39H39ClN2O7S. The first-order valence-electron chi connectivity index (χ1n) is 16.5. The lowest BCUT2D eigenvalue weighted by Gasteiger charge is -2.25. The van der Waals surface area contributed by atoms with Crippen LogP contribution in [-0.4, -0.2) is 53.1 Å². The van der Waals surface area contributed by atoms with Gasteiger partial charge in [-0.3, -0.25) is 24.0 Å². The van der Waals surface area contributed by atoms with Crippen LogP contribution in [0.15, 0.2) is 96.4 Å². The monoisotopic (exact) mass is 714 g/mol. The molecule has 6 rings (SSSR count). The van der Waals surface area contributed by atoms with Crippen LogP contribution in [0, 0.1) is 11.8 Å². The van der Waals surface area contributed by atoms with Crippen LogP contribution in [-0.2, 0) is 49.7 Å². The molecule has 0 saturated carbocycles. The van der Waals surface area contributed by atoms with E-state index in [2.05, 4.69) is 10.6 Å². The van der Waals surface area contributed by atoms with E-state index in [0.717, 1.165) is 16.0 Å². The Morgan fingerprint density at radius 3 is 2.18 bits per heavy atom. The van der Waals surface area contributed by atoms with Crippen LogP contribution in [0.5, 0.6) is 5.75 Å². The Hall–Kier alpha value is -4.80. The Kier molecular flexibility index (Phi) is 12.9. The molecule has 1 aromatic heterocycles. The minimum absolute atomic E-state index is 0.0826. The summed E-state index contributed by atoms with van der Waals surface area (Å²) >= 11 is 7.58. The number of halogens is 1. The number of aliphatic carboxylic acids is 1. The predicted octanol–water partition coefficient (Wildman–Crippen LogP) is 5.66. The van der Waals surface area contributed by atoms with Crippen LogP contribution in [0.3, 0.4) is 0 Å². The topological polar surface area (TPSA) is 139 Å². The lowest BCUT2D eigenvalue weighted by molar-refractivity contribution is -0.144. The molecule has 4 atom stereocenters. The highest BCUT2D eigenvalue weighted by Crippen LogP contribution is 2.22. The fourth-order valence-corrected chi connectivity index (χ4v) is 6.87. The minimum atomic E-state index is -1.13. The summed E-state index contributed by atoms with van der Waals surface area (Å²) in [4.78, 5) is 68.4. The van der Waals surface area contributed by atoms with Crippen LogP contribution in [0.1, 0.15) is 40.8 Å². The minimum Gasteiger partial charge on any atom is -0.486 e. The molecule has 9 nitrogen and oxygen atoms in total. The summed E-state index contributed by atoms with van der Waals surface area (Å²) in [5.41, 5.74) is 2.35. The van der Waals surface area contributed by atoms with Gasteiger partial charge in [0.15, 0.2) is 11.6 Å². The van der Waals surface area contributed by atoms with Gasteiger partial charge < -0.3 is 20.5 Å². The zero-order valence-corrected chi connectivity index (χ0v) is 29.0. The number of ether oxygens (including phenoxy) is 1. The summed E-state index contributed by atoms with van der Waals surface area (Å²) in [6, 6.07) is 24.7. The van der Waals surface area contributed by atoms with E-state index in [1.165, 1.54) is 11.3 Å². The van der Waals surface area contributed by atoms with Gasteiger partial charge in [0.1, 0.15) is 18.4 Å². The number of amides is 2. The predicted molar refractivity (Wildman–Crippen MR) is 191 cm³/mol. The van der Waals surface area contributed by atoms with Crippen LogP contribution in [0.2, 0.25) is 5.02 Å². The second-order valence-corrected chi connectivity index (χ2v) is 14.0. The maximum absolute atomic E-state index is 14.1. The smallest absolute Gasteiger partial charge is 0.307 e. The van der Waals surface area contributed by atoms with Crippen LogP contribution in [0.4, 0.5) is 0 Å². The van der Waals surface area contributed by atoms with E-state index in [1.807, 2.05) is 47.8 Å². The number of fused-ring (bicyclic) bond motifs is 16. The average molecular weight is 715 g/mol. The molecule has 2 aliphatic heterocycles. The van der Waals surface area contributed by atoms with Crippen LogP contribution >= 0.6 is 22.9 Å². The summed E-state index contributed by atoms with van der Waals surface area (Å²) in [6.45, 7) is -0.266. The second-order valence-electron chi connectivity index (χ2n) is 12.5. The number of carbonyl (C=O) groups is 5. The SMILES string of the molecule is O=C1COc2ccc(cc2)C[C@@H](C(=O)O)CC(=O)[C@H](CCc2ccccc2)NC(=O)[C@@H](Cc2ccc(Cl)cc2)NC(=O)[C@H](Cc2cccs2)C1. The number of thiophene rings is 1. The molecule has 11 heteroatoms. The molecule has 2 bridgehead atoms. The van der Waals surface area contributed by atoms with Crippen molar-refractivity contribution in [2.45, 2.75) is 57.0 Å². The molecule has 2 aliphatic rings. The zero-order chi connectivity index (χ0) is 35.5. The lowest BCUT2D eigenvalue weighted by Crippen LogP contribution is -2.54. The fraction of sp³-hybridized carbons (Fsp3) is 0.308. The van der Waals surface area contributed by atoms with Crippen molar-refractivity contribution in [2.75, 3.05) is 6.61 Å². The third kappa shape index (κ3) is 10.9. The maximum atomic E-state index is 14.1. The third-order valence-electron chi connectivity index (χ3n) is 8.73. The van der Waals surface area contributed by atoms with Gasteiger partial charge in [-0.1, -0.05) is 72.3 Å². The summed E-state index contributed by atoms with van der Waals surface area (Å²) < 4.78 is 5.73.